The molecular formula is C22H33FN6. The molecule has 1 aromatic heterocycles. The van der Waals surface area contributed by atoms with Crippen LogP contribution in [0, 0.1) is 17.7 Å². The molecule has 29 heavy (non-hydrogen) atoms. The molecule has 0 atom stereocenters. The molecule has 1 saturated heterocycles. The summed E-state index contributed by atoms with van der Waals surface area (Å²) in [5.74, 6) is 2.47. The van der Waals surface area contributed by atoms with Crippen LogP contribution in [0.4, 0.5) is 27.4 Å². The highest BCUT2D eigenvalue weighted by Gasteiger charge is 2.23. The Morgan fingerprint density at radius 1 is 0.931 bits per heavy atom. The van der Waals surface area contributed by atoms with Gasteiger partial charge in [0.2, 0.25) is 0 Å². The number of benzene rings is 1. The number of nitrogen functional groups attached to an aromatic ring is 1. The third kappa shape index (κ3) is 5.28. The summed E-state index contributed by atoms with van der Waals surface area (Å²) in [6.45, 7) is 14.0. The third-order valence-electron chi connectivity index (χ3n) is 5.08. The zero-order valence-electron chi connectivity index (χ0n) is 18.0. The quantitative estimate of drug-likeness (QED) is 0.766. The maximum Gasteiger partial charge on any atom is 0.157 e. The Hall–Kier alpha value is -2.57. The molecule has 1 aliphatic heterocycles. The van der Waals surface area contributed by atoms with E-state index < -0.39 is 0 Å². The van der Waals surface area contributed by atoms with Crippen LogP contribution >= 0.6 is 0 Å². The third-order valence-corrected chi connectivity index (χ3v) is 5.08. The van der Waals surface area contributed by atoms with E-state index in [0.29, 0.717) is 17.5 Å². The molecule has 7 heteroatoms. The van der Waals surface area contributed by atoms with Crippen molar-refractivity contribution in [1.82, 2.24) is 9.97 Å². The number of hydrogen-bond acceptors (Lipinski definition) is 6. The van der Waals surface area contributed by atoms with Gasteiger partial charge in [-0.3, -0.25) is 0 Å². The second-order valence-electron chi connectivity index (χ2n) is 8.58. The number of piperazine rings is 1. The summed E-state index contributed by atoms with van der Waals surface area (Å²) in [6, 6.07) is 6.68. The average Bonchev–Trinajstić information content (AvgIpc) is 2.68. The molecule has 0 spiro atoms. The summed E-state index contributed by atoms with van der Waals surface area (Å²) in [5.41, 5.74) is 8.27. The predicted molar refractivity (Wildman–Crippen MR) is 119 cm³/mol. The van der Waals surface area contributed by atoms with Crippen LogP contribution in [-0.2, 0) is 0 Å². The lowest BCUT2D eigenvalue weighted by atomic mass is 10.1. The minimum atomic E-state index is -0.207. The van der Waals surface area contributed by atoms with Crippen LogP contribution in [-0.4, -0.2) is 49.2 Å². The maximum absolute atomic E-state index is 13.2. The lowest BCUT2D eigenvalue weighted by molar-refractivity contribution is 0.548. The van der Waals surface area contributed by atoms with Gasteiger partial charge < -0.3 is 20.4 Å². The second-order valence-corrected chi connectivity index (χ2v) is 8.58. The summed E-state index contributed by atoms with van der Waals surface area (Å²) in [6.07, 6.45) is 1.63. The van der Waals surface area contributed by atoms with Crippen molar-refractivity contribution in [3.63, 3.8) is 0 Å². The number of nitrogens with two attached hydrogens (primary N) is 1. The number of aromatic nitrogens is 2. The van der Waals surface area contributed by atoms with E-state index in [4.69, 9.17) is 5.73 Å². The summed E-state index contributed by atoms with van der Waals surface area (Å²) in [5, 5.41) is 0. The Morgan fingerprint density at radius 2 is 1.48 bits per heavy atom. The number of nitrogens with zero attached hydrogens (tertiary/aromatic N) is 5. The Morgan fingerprint density at radius 3 is 2.03 bits per heavy atom. The average molecular weight is 401 g/mol. The van der Waals surface area contributed by atoms with E-state index >= 15 is 0 Å². The zero-order valence-corrected chi connectivity index (χ0v) is 18.0. The van der Waals surface area contributed by atoms with Crippen LogP contribution in [0.25, 0.3) is 0 Å². The number of hydrogen-bond donors (Lipinski definition) is 1. The second kappa shape index (κ2) is 9.29. The standard InChI is InChI=1S/C22H33FN6/c1-16(2)13-29(14-17(3)4)22-20(24)21(25-15-26-22)28-11-9-27(10-12-28)19-7-5-18(23)6-8-19/h5-8,15-17H,9-14,24H2,1-4H3. The van der Waals surface area contributed by atoms with Gasteiger partial charge in [-0.25, -0.2) is 14.4 Å². The highest BCUT2D eigenvalue weighted by molar-refractivity contribution is 5.76. The van der Waals surface area contributed by atoms with Gasteiger partial charge in [-0.05, 0) is 36.1 Å². The first kappa shape index (κ1) is 21.1. The Balaban J connectivity index is 1.74. The first-order valence-electron chi connectivity index (χ1n) is 10.5. The first-order valence-corrected chi connectivity index (χ1v) is 10.5. The Kier molecular flexibility index (Phi) is 6.77. The van der Waals surface area contributed by atoms with Crippen LogP contribution in [0.2, 0.25) is 0 Å². The van der Waals surface area contributed by atoms with Crippen LogP contribution in [0.3, 0.4) is 0 Å². The van der Waals surface area contributed by atoms with Crippen molar-refractivity contribution in [1.29, 1.82) is 0 Å². The van der Waals surface area contributed by atoms with Gasteiger partial charge in [-0.1, -0.05) is 27.7 Å². The van der Waals surface area contributed by atoms with Crippen LogP contribution < -0.4 is 20.4 Å². The summed E-state index contributed by atoms with van der Waals surface area (Å²) >= 11 is 0. The van der Waals surface area contributed by atoms with E-state index in [1.54, 1.807) is 6.33 Å². The summed E-state index contributed by atoms with van der Waals surface area (Å²) in [7, 11) is 0. The Bertz CT molecular complexity index is 774. The largest absolute Gasteiger partial charge is 0.393 e. The lowest BCUT2D eigenvalue weighted by Crippen LogP contribution is -2.47. The highest BCUT2D eigenvalue weighted by Crippen LogP contribution is 2.31. The molecule has 0 amide bonds. The van der Waals surface area contributed by atoms with Crippen molar-refractivity contribution in [2.45, 2.75) is 27.7 Å². The number of anilines is 4. The van der Waals surface area contributed by atoms with Crippen molar-refractivity contribution in [3.05, 3.63) is 36.4 Å². The minimum absolute atomic E-state index is 0.207. The molecular weight excluding hydrogens is 367 g/mol. The smallest absolute Gasteiger partial charge is 0.157 e. The molecule has 0 saturated carbocycles. The van der Waals surface area contributed by atoms with E-state index in [9.17, 15) is 4.39 Å². The summed E-state index contributed by atoms with van der Waals surface area (Å²) < 4.78 is 13.2. The van der Waals surface area contributed by atoms with E-state index in [1.807, 2.05) is 12.1 Å². The van der Waals surface area contributed by atoms with Gasteiger partial charge in [0.15, 0.2) is 11.6 Å². The molecule has 158 valence electrons. The highest BCUT2D eigenvalue weighted by atomic mass is 19.1. The molecule has 2 aromatic rings. The van der Waals surface area contributed by atoms with Gasteiger partial charge in [0.1, 0.15) is 17.8 Å². The van der Waals surface area contributed by atoms with E-state index in [0.717, 1.165) is 56.6 Å². The van der Waals surface area contributed by atoms with E-state index in [1.165, 1.54) is 12.1 Å². The van der Waals surface area contributed by atoms with Crippen molar-refractivity contribution in [3.8, 4) is 0 Å². The fraction of sp³-hybridized carbons (Fsp3) is 0.545. The molecule has 0 aliphatic carbocycles. The SMILES string of the molecule is CC(C)CN(CC(C)C)c1ncnc(N2CCN(c3ccc(F)cc3)CC2)c1N. The molecule has 0 radical (unpaired) electrons. The topological polar surface area (TPSA) is 61.5 Å². The van der Waals surface area contributed by atoms with E-state index in [2.05, 4.69) is 52.4 Å². The number of rotatable bonds is 7. The van der Waals surface area contributed by atoms with Gasteiger partial charge >= 0.3 is 0 Å². The summed E-state index contributed by atoms with van der Waals surface area (Å²) in [4.78, 5) is 15.8. The van der Waals surface area contributed by atoms with Crippen molar-refractivity contribution >= 4 is 23.0 Å². The molecule has 6 nitrogen and oxygen atoms in total. The van der Waals surface area contributed by atoms with Crippen molar-refractivity contribution in [2.75, 3.05) is 59.7 Å². The predicted octanol–water partition coefficient (Wildman–Crippen LogP) is 3.64. The molecule has 0 unspecified atom stereocenters. The molecule has 1 aromatic carbocycles. The molecule has 3 rings (SSSR count). The van der Waals surface area contributed by atoms with Gasteiger partial charge in [0, 0.05) is 45.0 Å². The monoisotopic (exact) mass is 400 g/mol. The maximum atomic E-state index is 13.2. The molecule has 2 N–H and O–H groups in total. The number of halogens is 1. The minimum Gasteiger partial charge on any atom is -0.393 e. The van der Waals surface area contributed by atoms with Gasteiger partial charge in [0.25, 0.3) is 0 Å². The van der Waals surface area contributed by atoms with Crippen LogP contribution in [0.15, 0.2) is 30.6 Å². The van der Waals surface area contributed by atoms with Crippen molar-refractivity contribution in [2.24, 2.45) is 11.8 Å². The van der Waals surface area contributed by atoms with Gasteiger partial charge in [-0.2, -0.15) is 0 Å². The molecule has 2 heterocycles. The molecule has 0 bridgehead atoms. The van der Waals surface area contributed by atoms with Gasteiger partial charge in [-0.15, -0.1) is 0 Å². The first-order chi connectivity index (χ1) is 13.8. The van der Waals surface area contributed by atoms with E-state index in [-0.39, 0.29) is 5.82 Å². The lowest BCUT2D eigenvalue weighted by Gasteiger charge is -2.37. The fourth-order valence-corrected chi connectivity index (χ4v) is 3.84. The van der Waals surface area contributed by atoms with Crippen LogP contribution in [0.1, 0.15) is 27.7 Å². The van der Waals surface area contributed by atoms with Crippen molar-refractivity contribution < 1.29 is 4.39 Å². The normalized spacial score (nSPS) is 14.7. The zero-order chi connectivity index (χ0) is 21.0. The Labute approximate surface area is 173 Å². The fourth-order valence-electron chi connectivity index (χ4n) is 3.84. The molecule has 1 aliphatic rings. The van der Waals surface area contributed by atoms with Gasteiger partial charge in [0.05, 0.1) is 0 Å². The molecule has 1 fully saturated rings. The van der Waals surface area contributed by atoms with Crippen LogP contribution in [0.5, 0.6) is 0 Å².